The zero-order valence-corrected chi connectivity index (χ0v) is 57.1. The van der Waals surface area contributed by atoms with E-state index < -0.39 is 24.1 Å². The molecule has 1 aromatic heterocycles. The molecule has 3 saturated carbocycles. The van der Waals surface area contributed by atoms with Crippen molar-refractivity contribution >= 4 is 17.7 Å². The second kappa shape index (κ2) is 29.5. The van der Waals surface area contributed by atoms with Crippen LogP contribution in [0.2, 0.25) is 0 Å². The molecule has 11 nitrogen and oxygen atoms in total. The Labute approximate surface area is 525 Å². The minimum absolute atomic E-state index is 0.0289. The number of aromatic hydroxyl groups is 1. The number of phenolic OH excluding ortho intramolecular Hbond substituents is 1. The first-order valence-electron chi connectivity index (χ1n) is 33.7. The summed E-state index contributed by atoms with van der Waals surface area (Å²) in [6.45, 7) is 40.3. The van der Waals surface area contributed by atoms with Crippen LogP contribution in [0.25, 0.3) is 34.2 Å². The van der Waals surface area contributed by atoms with Crippen molar-refractivity contribution in [2.45, 2.75) is 246 Å². The minimum Gasteiger partial charge on any atom is -0.507 e. The van der Waals surface area contributed by atoms with Gasteiger partial charge in [-0.25, -0.2) is 19.7 Å². The molecule has 9 unspecified atom stereocenters. The number of aryl methyl sites for hydroxylation is 2. The van der Waals surface area contributed by atoms with Crippen LogP contribution in [-0.4, -0.2) is 63.2 Å². The van der Waals surface area contributed by atoms with Gasteiger partial charge in [-0.1, -0.05) is 122 Å². The fourth-order valence-electron chi connectivity index (χ4n) is 15.0. The van der Waals surface area contributed by atoms with E-state index in [9.17, 15) is 19.5 Å². The van der Waals surface area contributed by atoms with Crippen molar-refractivity contribution in [1.82, 2.24) is 15.0 Å². The first-order chi connectivity index (χ1) is 40.7. The molecule has 3 aromatic carbocycles. The quantitative estimate of drug-likeness (QED) is 0.0518. The maximum absolute atomic E-state index is 13.6. The number of Topliss-reactive ketones (excluding diaryl/α,β-unsaturated/α-hetero) is 1. The molecule has 3 aliphatic carbocycles. The number of ketones is 1. The summed E-state index contributed by atoms with van der Waals surface area (Å²) in [5.74, 6) is 6.89. The van der Waals surface area contributed by atoms with Crippen molar-refractivity contribution in [1.29, 1.82) is 0 Å². The number of carbonyl (C=O) groups excluding carboxylic acids is 3. The van der Waals surface area contributed by atoms with Crippen LogP contribution in [0.1, 0.15) is 230 Å². The van der Waals surface area contributed by atoms with Gasteiger partial charge in [0.2, 0.25) is 0 Å². The number of hydrogen-bond acceptors (Lipinski definition) is 11. The van der Waals surface area contributed by atoms with Gasteiger partial charge in [-0.05, 0) is 245 Å². The number of ether oxygens (including phenoxy) is 4. The molecule has 0 aliphatic heterocycles. The van der Waals surface area contributed by atoms with Crippen molar-refractivity contribution in [3.8, 4) is 51.4 Å². The predicted octanol–water partition coefficient (Wildman–Crippen LogP) is 19.0. The van der Waals surface area contributed by atoms with Crippen LogP contribution < -0.4 is 9.47 Å². The third-order valence-corrected chi connectivity index (χ3v) is 20.6. The van der Waals surface area contributed by atoms with E-state index in [-0.39, 0.29) is 39.6 Å². The molecule has 0 spiro atoms. The molecular formula is C76H113N3O8. The van der Waals surface area contributed by atoms with Gasteiger partial charge in [0.05, 0.1) is 24.7 Å². The normalized spacial score (nSPS) is 21.3. The standard InChI is InChI=1S/C76H113N3O8/c1-47(2)37-54-20-24-59(42-54)75(15,16)34-36-85-72(83)53(9)87-62-27-30-64(50(6)40-62)69-77-68(63-29-26-61(39-49(63)5)86-52(8)66(80)31-32-74(13,14)46-56-19-23-58(41-56)48(3)4)78-70(79-69)65-28-22-55(44-67(65)81)38-51(7)71(82)84-35-33-76(17,18)60-25-21-57(43-60)45-73(10,11)12/h22,26-30,39-40,44,47-48,51-54,56-60,81H,19-21,23-25,31-38,41-43,45-46H2,1-18H3. The second-order valence-electron chi connectivity index (χ2n) is 31.7. The summed E-state index contributed by atoms with van der Waals surface area (Å²) in [5, 5.41) is 11.8. The van der Waals surface area contributed by atoms with Gasteiger partial charge in [0, 0.05) is 17.5 Å². The molecule has 9 atom stereocenters. The third-order valence-electron chi connectivity index (χ3n) is 20.6. The molecule has 0 saturated heterocycles. The highest BCUT2D eigenvalue weighted by atomic mass is 16.6. The number of carbonyl (C=O) groups is 3. The van der Waals surface area contributed by atoms with Crippen molar-refractivity contribution in [2.24, 2.45) is 74.9 Å². The molecule has 0 amide bonds. The van der Waals surface area contributed by atoms with Crippen LogP contribution in [0.3, 0.4) is 0 Å². The van der Waals surface area contributed by atoms with E-state index in [1.807, 2.05) is 70.2 Å². The van der Waals surface area contributed by atoms with E-state index in [2.05, 4.69) is 90.0 Å². The fraction of sp³-hybridized carbons (Fsp3) is 0.684. The van der Waals surface area contributed by atoms with Gasteiger partial charge in [-0.2, -0.15) is 0 Å². The highest BCUT2D eigenvalue weighted by Gasteiger charge is 2.39. The third kappa shape index (κ3) is 19.8. The van der Waals surface area contributed by atoms with Gasteiger partial charge in [0.1, 0.15) is 17.2 Å². The topological polar surface area (TPSA) is 147 Å². The number of hydrogen-bond donors (Lipinski definition) is 1. The smallest absolute Gasteiger partial charge is 0.347 e. The summed E-state index contributed by atoms with van der Waals surface area (Å²) >= 11 is 0. The Hall–Kier alpha value is -5.32. The Bertz CT molecular complexity index is 2950. The highest BCUT2D eigenvalue weighted by molar-refractivity contribution is 5.83. The van der Waals surface area contributed by atoms with Gasteiger partial charge in [0.15, 0.2) is 35.5 Å². The summed E-state index contributed by atoms with van der Waals surface area (Å²) in [6.07, 6.45) is 17.0. The van der Waals surface area contributed by atoms with Crippen LogP contribution in [0.5, 0.6) is 17.2 Å². The van der Waals surface area contributed by atoms with Crippen molar-refractivity contribution in [3.63, 3.8) is 0 Å². The molecule has 11 heteroatoms. The summed E-state index contributed by atoms with van der Waals surface area (Å²) in [6, 6.07) is 16.6. The van der Waals surface area contributed by atoms with Gasteiger partial charge >= 0.3 is 11.9 Å². The van der Waals surface area contributed by atoms with Gasteiger partial charge in [-0.3, -0.25) is 9.59 Å². The average Bonchev–Trinajstić information content (AvgIpc) is 1.80. The number of rotatable bonds is 29. The number of benzene rings is 3. The Morgan fingerprint density at radius 3 is 1.57 bits per heavy atom. The van der Waals surface area contributed by atoms with Crippen molar-refractivity contribution in [2.75, 3.05) is 13.2 Å². The van der Waals surface area contributed by atoms with Crippen LogP contribution in [0.4, 0.5) is 0 Å². The molecule has 1 heterocycles. The van der Waals surface area contributed by atoms with Gasteiger partial charge in [0.25, 0.3) is 0 Å². The molecule has 480 valence electrons. The monoisotopic (exact) mass is 1200 g/mol. The van der Waals surface area contributed by atoms with E-state index in [0.29, 0.717) is 83.5 Å². The highest BCUT2D eigenvalue weighted by Crippen LogP contribution is 2.49. The van der Waals surface area contributed by atoms with E-state index >= 15 is 0 Å². The Kier molecular flexibility index (Phi) is 23.5. The summed E-state index contributed by atoms with van der Waals surface area (Å²) < 4.78 is 24.3. The Balaban J connectivity index is 1.05. The summed E-state index contributed by atoms with van der Waals surface area (Å²) in [4.78, 5) is 55.5. The summed E-state index contributed by atoms with van der Waals surface area (Å²) in [7, 11) is 0. The average molecular weight is 1200 g/mol. The molecule has 87 heavy (non-hydrogen) atoms. The zero-order chi connectivity index (χ0) is 63.8. The molecule has 3 aliphatic rings. The van der Waals surface area contributed by atoms with Crippen LogP contribution >= 0.6 is 0 Å². The van der Waals surface area contributed by atoms with E-state index in [1.165, 1.54) is 70.6 Å². The lowest BCUT2D eigenvalue weighted by Gasteiger charge is -2.32. The molecule has 4 aromatic rings. The van der Waals surface area contributed by atoms with Crippen molar-refractivity contribution in [3.05, 3.63) is 71.3 Å². The number of esters is 2. The lowest BCUT2D eigenvalue weighted by Crippen LogP contribution is -2.29. The molecule has 0 bridgehead atoms. The maximum Gasteiger partial charge on any atom is 0.347 e. The first-order valence-corrected chi connectivity index (χ1v) is 33.7. The fourth-order valence-corrected chi connectivity index (χ4v) is 15.0. The SMILES string of the molecule is Cc1cc(OC(C)C(=O)CCC(C)(C)CC2CCC(C(C)C)C2)ccc1-c1nc(-c2ccc(OC(C)C(=O)OCCC(C)(C)C3CCC(CC(C)C)C3)cc2C)nc(-c2ccc(CC(C)C(=O)OCCC(C)(C)C3CCC(CC(C)(C)C)C3)cc2O)n1. The second-order valence-corrected chi connectivity index (χ2v) is 31.7. The van der Waals surface area contributed by atoms with Crippen LogP contribution in [0, 0.1) is 88.8 Å². The maximum atomic E-state index is 13.6. The Morgan fingerprint density at radius 1 is 0.563 bits per heavy atom. The number of phenols is 1. The van der Waals surface area contributed by atoms with Crippen LogP contribution in [-0.2, 0) is 30.3 Å². The van der Waals surface area contributed by atoms with Gasteiger partial charge < -0.3 is 24.1 Å². The lowest BCUT2D eigenvalue weighted by molar-refractivity contribution is -0.152. The molecule has 7 rings (SSSR count). The summed E-state index contributed by atoms with van der Waals surface area (Å²) in [5.41, 5.74) is 4.84. The first kappa shape index (κ1) is 69.2. The largest absolute Gasteiger partial charge is 0.507 e. The number of nitrogens with zero attached hydrogens (tertiary/aromatic N) is 3. The van der Waals surface area contributed by atoms with E-state index in [1.54, 1.807) is 19.1 Å². The molecule has 1 N–H and O–H groups in total. The molecular weight excluding hydrogens is 1080 g/mol. The van der Waals surface area contributed by atoms with Gasteiger partial charge in [-0.15, -0.1) is 0 Å². The lowest BCUT2D eigenvalue weighted by atomic mass is 9.74. The molecule has 3 fully saturated rings. The van der Waals surface area contributed by atoms with E-state index in [0.717, 1.165) is 77.5 Å². The number of aromatic nitrogens is 3. The minimum atomic E-state index is -0.826. The predicted molar refractivity (Wildman–Crippen MR) is 353 cm³/mol. The molecule has 0 radical (unpaired) electrons. The van der Waals surface area contributed by atoms with E-state index in [4.69, 9.17) is 33.9 Å². The zero-order valence-electron chi connectivity index (χ0n) is 57.1. The van der Waals surface area contributed by atoms with Crippen molar-refractivity contribution < 1.29 is 38.4 Å². The van der Waals surface area contributed by atoms with Crippen LogP contribution in [0.15, 0.2) is 54.6 Å². The Morgan fingerprint density at radius 2 is 1.06 bits per heavy atom.